The quantitative estimate of drug-likeness (QED) is 0.908. The molecule has 0 saturated carbocycles. The largest absolute Gasteiger partial charge is 0.379 e. The molecule has 6 nitrogen and oxygen atoms in total. The van der Waals surface area contributed by atoms with Gasteiger partial charge in [-0.2, -0.15) is 4.98 Å². The Morgan fingerprint density at radius 1 is 1.04 bits per heavy atom. The summed E-state index contributed by atoms with van der Waals surface area (Å²) in [5, 5.41) is 3.45. The van der Waals surface area contributed by atoms with E-state index in [0.717, 1.165) is 69.7 Å². The molecule has 2 aliphatic rings. The van der Waals surface area contributed by atoms with Crippen LogP contribution in [0.4, 0.5) is 21.8 Å². The number of ether oxygens (including phenoxy) is 1. The Balaban J connectivity index is 1.36. The zero-order valence-electron chi connectivity index (χ0n) is 14.8. The number of rotatable bonds is 4. The van der Waals surface area contributed by atoms with Crippen LogP contribution in [0.25, 0.3) is 0 Å². The predicted octanol–water partition coefficient (Wildman–Crippen LogP) is 2.53. The zero-order valence-corrected chi connectivity index (χ0v) is 14.8. The molecule has 1 aromatic carbocycles. The smallest absolute Gasteiger partial charge is 0.227 e. The fourth-order valence-electron chi connectivity index (χ4n) is 3.46. The highest BCUT2D eigenvalue weighted by Gasteiger charge is 2.20. The zero-order chi connectivity index (χ0) is 17.8. The van der Waals surface area contributed by atoms with Gasteiger partial charge < -0.3 is 19.9 Å². The standard InChI is InChI=1S/C19H24FN5O/c20-15-3-5-17(6-4-15)24-9-11-25(12-10-24)19-21-8-7-18(23-19)22-16-2-1-13-26-14-16/h3-8,16H,1-2,9-14H2,(H,21,22,23). The van der Waals surface area contributed by atoms with Crippen LogP contribution >= 0.6 is 0 Å². The van der Waals surface area contributed by atoms with E-state index in [4.69, 9.17) is 4.74 Å². The molecule has 0 amide bonds. The molecule has 1 aromatic heterocycles. The van der Waals surface area contributed by atoms with Gasteiger partial charge in [0.15, 0.2) is 0 Å². The predicted molar refractivity (Wildman–Crippen MR) is 100 cm³/mol. The van der Waals surface area contributed by atoms with E-state index in [0.29, 0.717) is 6.04 Å². The molecule has 0 bridgehead atoms. The van der Waals surface area contributed by atoms with E-state index in [1.807, 2.05) is 18.2 Å². The number of hydrogen-bond donors (Lipinski definition) is 1. The van der Waals surface area contributed by atoms with Crippen LogP contribution in [0.1, 0.15) is 12.8 Å². The molecule has 0 radical (unpaired) electrons. The molecule has 7 heteroatoms. The van der Waals surface area contributed by atoms with Crippen molar-refractivity contribution in [3.63, 3.8) is 0 Å². The third-order valence-corrected chi connectivity index (χ3v) is 4.91. The molecule has 1 N–H and O–H groups in total. The summed E-state index contributed by atoms with van der Waals surface area (Å²) in [6.07, 6.45) is 4.00. The van der Waals surface area contributed by atoms with E-state index < -0.39 is 0 Å². The van der Waals surface area contributed by atoms with Gasteiger partial charge >= 0.3 is 0 Å². The van der Waals surface area contributed by atoms with Gasteiger partial charge in [0.05, 0.1) is 12.6 Å². The van der Waals surface area contributed by atoms with Gasteiger partial charge in [-0.15, -0.1) is 0 Å². The van der Waals surface area contributed by atoms with E-state index in [-0.39, 0.29) is 5.82 Å². The van der Waals surface area contributed by atoms with Gasteiger partial charge in [-0.3, -0.25) is 0 Å². The second kappa shape index (κ2) is 7.86. The van der Waals surface area contributed by atoms with Gasteiger partial charge in [-0.25, -0.2) is 9.37 Å². The van der Waals surface area contributed by atoms with E-state index in [2.05, 4.69) is 25.1 Å². The summed E-state index contributed by atoms with van der Waals surface area (Å²) in [6.45, 7) is 4.99. The van der Waals surface area contributed by atoms with Crippen LogP contribution in [0, 0.1) is 5.82 Å². The maximum absolute atomic E-state index is 13.1. The third kappa shape index (κ3) is 4.04. The summed E-state index contributed by atoms with van der Waals surface area (Å²) in [6, 6.07) is 8.91. The van der Waals surface area contributed by atoms with Gasteiger partial charge in [-0.05, 0) is 43.2 Å². The van der Waals surface area contributed by atoms with Crippen LogP contribution in [-0.2, 0) is 4.74 Å². The monoisotopic (exact) mass is 357 g/mol. The number of anilines is 3. The van der Waals surface area contributed by atoms with Crippen molar-refractivity contribution in [2.24, 2.45) is 0 Å². The van der Waals surface area contributed by atoms with E-state index in [1.54, 1.807) is 6.20 Å². The van der Waals surface area contributed by atoms with Crippen LogP contribution in [0.3, 0.4) is 0 Å². The van der Waals surface area contributed by atoms with Crippen LogP contribution in [0.5, 0.6) is 0 Å². The second-order valence-electron chi connectivity index (χ2n) is 6.75. The summed E-state index contributed by atoms with van der Waals surface area (Å²) in [5.74, 6) is 1.41. The lowest BCUT2D eigenvalue weighted by atomic mass is 10.1. The molecule has 3 heterocycles. The first-order valence-corrected chi connectivity index (χ1v) is 9.21. The molecular formula is C19H24FN5O. The fraction of sp³-hybridized carbons (Fsp3) is 0.474. The van der Waals surface area contributed by atoms with Crippen molar-refractivity contribution < 1.29 is 9.13 Å². The summed E-state index contributed by atoms with van der Waals surface area (Å²) < 4.78 is 18.6. The highest BCUT2D eigenvalue weighted by molar-refractivity contribution is 5.49. The molecule has 2 aromatic rings. The van der Waals surface area contributed by atoms with E-state index in [1.165, 1.54) is 12.1 Å². The first kappa shape index (κ1) is 17.0. The second-order valence-corrected chi connectivity index (χ2v) is 6.75. The average Bonchev–Trinajstić information content (AvgIpc) is 2.70. The number of nitrogens with zero attached hydrogens (tertiary/aromatic N) is 4. The van der Waals surface area contributed by atoms with Crippen LogP contribution in [0.15, 0.2) is 36.5 Å². The van der Waals surface area contributed by atoms with Crippen molar-refractivity contribution in [3.05, 3.63) is 42.3 Å². The molecule has 26 heavy (non-hydrogen) atoms. The van der Waals surface area contributed by atoms with Gasteiger partial charge in [0.2, 0.25) is 5.95 Å². The highest BCUT2D eigenvalue weighted by atomic mass is 19.1. The van der Waals surface area contributed by atoms with Crippen molar-refractivity contribution >= 4 is 17.5 Å². The fourth-order valence-corrected chi connectivity index (χ4v) is 3.46. The number of aromatic nitrogens is 2. The normalized spacial score (nSPS) is 20.9. The SMILES string of the molecule is Fc1ccc(N2CCN(c3nccc(NC4CCCOC4)n3)CC2)cc1. The topological polar surface area (TPSA) is 53.5 Å². The Hall–Kier alpha value is -2.41. The lowest BCUT2D eigenvalue weighted by Gasteiger charge is -2.36. The first-order chi connectivity index (χ1) is 12.8. The summed E-state index contributed by atoms with van der Waals surface area (Å²) >= 11 is 0. The molecule has 2 aliphatic heterocycles. The Kier molecular flexibility index (Phi) is 5.15. The molecule has 1 unspecified atom stereocenters. The van der Waals surface area contributed by atoms with Gasteiger partial charge in [0.1, 0.15) is 11.6 Å². The Bertz CT molecular complexity index is 712. The minimum Gasteiger partial charge on any atom is -0.379 e. The van der Waals surface area contributed by atoms with Gasteiger partial charge in [0, 0.05) is 44.7 Å². The molecule has 0 spiro atoms. The molecule has 2 fully saturated rings. The third-order valence-electron chi connectivity index (χ3n) is 4.91. The van der Waals surface area contributed by atoms with Gasteiger partial charge in [0.25, 0.3) is 0 Å². The van der Waals surface area contributed by atoms with Crippen LogP contribution in [0.2, 0.25) is 0 Å². The first-order valence-electron chi connectivity index (χ1n) is 9.21. The van der Waals surface area contributed by atoms with Crippen molar-refractivity contribution in [3.8, 4) is 0 Å². The maximum atomic E-state index is 13.1. The average molecular weight is 357 g/mol. The minimum atomic E-state index is -0.200. The van der Waals surface area contributed by atoms with Crippen molar-refractivity contribution in [2.45, 2.75) is 18.9 Å². The molecule has 138 valence electrons. The van der Waals surface area contributed by atoms with E-state index >= 15 is 0 Å². The lowest BCUT2D eigenvalue weighted by molar-refractivity contribution is 0.0875. The summed E-state index contributed by atoms with van der Waals surface area (Å²) in [7, 11) is 0. The van der Waals surface area contributed by atoms with Crippen molar-refractivity contribution in [2.75, 3.05) is 54.5 Å². The molecule has 1 atom stereocenters. The lowest BCUT2D eigenvalue weighted by Crippen LogP contribution is -2.47. The Labute approximate surface area is 153 Å². The molecule has 4 rings (SSSR count). The summed E-state index contributed by atoms with van der Waals surface area (Å²) in [5.41, 5.74) is 1.06. The van der Waals surface area contributed by atoms with Crippen LogP contribution < -0.4 is 15.1 Å². The number of hydrogen-bond acceptors (Lipinski definition) is 6. The maximum Gasteiger partial charge on any atom is 0.227 e. The summed E-state index contributed by atoms with van der Waals surface area (Å²) in [4.78, 5) is 13.6. The number of nitrogens with one attached hydrogen (secondary N) is 1. The Morgan fingerprint density at radius 2 is 1.81 bits per heavy atom. The van der Waals surface area contributed by atoms with Gasteiger partial charge in [-0.1, -0.05) is 0 Å². The highest BCUT2D eigenvalue weighted by Crippen LogP contribution is 2.20. The molecule has 0 aliphatic carbocycles. The van der Waals surface area contributed by atoms with E-state index in [9.17, 15) is 4.39 Å². The van der Waals surface area contributed by atoms with Crippen molar-refractivity contribution in [1.82, 2.24) is 9.97 Å². The minimum absolute atomic E-state index is 0.200. The van der Waals surface area contributed by atoms with Crippen LogP contribution in [-0.4, -0.2) is 55.4 Å². The number of benzene rings is 1. The Morgan fingerprint density at radius 3 is 2.54 bits per heavy atom. The van der Waals surface area contributed by atoms with Crippen molar-refractivity contribution in [1.29, 1.82) is 0 Å². The number of halogens is 1. The number of piperazine rings is 1. The molecule has 2 saturated heterocycles. The molecular weight excluding hydrogens is 333 g/mol.